The molecule has 4 heteroatoms. The molecular weight excluding hydrogens is 184 g/mol. The Morgan fingerprint density at radius 2 is 2.54 bits per heavy atom. The molecule has 0 amide bonds. The predicted octanol–water partition coefficient (Wildman–Crippen LogP) is 1.25. The zero-order valence-corrected chi connectivity index (χ0v) is 7.93. The Bertz CT molecular complexity index is 338. The number of thiazole rings is 1. The number of Topliss-reactive ketones (excluding diaryl/α,β-unsaturated/α-hetero) is 1. The molecule has 1 aromatic rings. The van der Waals surface area contributed by atoms with Crippen LogP contribution in [0.25, 0.3) is 0 Å². The Hall–Kier alpha value is -1.34. The van der Waals surface area contributed by atoms with Gasteiger partial charge in [0.05, 0.1) is 5.69 Å². The highest BCUT2D eigenvalue weighted by molar-refractivity contribution is 7.13. The molecule has 68 valence electrons. The van der Waals surface area contributed by atoms with Crippen LogP contribution in [0, 0.1) is 12.3 Å². The molecule has 0 saturated heterocycles. The molecule has 0 saturated carbocycles. The molecule has 1 rings (SSSR count). The Labute approximate surface area is 81.0 Å². The third kappa shape index (κ3) is 3.26. The minimum absolute atomic E-state index is 0.114. The number of hydrogen-bond donors (Lipinski definition) is 1. The SMILES string of the molecule is C#CCCC(=O)Cc1csc(N)n1. The molecule has 0 aliphatic rings. The van der Waals surface area contributed by atoms with Crippen molar-refractivity contribution in [1.29, 1.82) is 0 Å². The molecule has 0 unspecified atom stereocenters. The number of anilines is 1. The number of carbonyl (C=O) groups is 1. The highest BCUT2D eigenvalue weighted by atomic mass is 32.1. The molecule has 0 atom stereocenters. The van der Waals surface area contributed by atoms with Crippen LogP contribution in [0.4, 0.5) is 5.13 Å². The number of nitrogen functional groups attached to an aromatic ring is 1. The van der Waals surface area contributed by atoms with Crippen LogP contribution in [-0.4, -0.2) is 10.8 Å². The molecule has 0 aromatic carbocycles. The fourth-order valence-corrected chi connectivity index (χ4v) is 1.47. The largest absolute Gasteiger partial charge is 0.375 e. The fraction of sp³-hybridized carbons (Fsp3) is 0.333. The van der Waals surface area contributed by atoms with Crippen molar-refractivity contribution in [2.75, 3.05) is 5.73 Å². The quantitative estimate of drug-likeness (QED) is 0.734. The molecule has 0 aliphatic carbocycles. The summed E-state index contributed by atoms with van der Waals surface area (Å²) >= 11 is 1.34. The molecule has 1 aromatic heterocycles. The number of terminal acetylenes is 1. The van der Waals surface area contributed by atoms with Gasteiger partial charge < -0.3 is 5.73 Å². The number of nitrogens with zero attached hydrogens (tertiary/aromatic N) is 1. The van der Waals surface area contributed by atoms with Gasteiger partial charge in [-0.2, -0.15) is 0 Å². The summed E-state index contributed by atoms with van der Waals surface area (Å²) in [5.74, 6) is 2.54. The molecule has 1 heterocycles. The summed E-state index contributed by atoms with van der Waals surface area (Å²) in [5, 5.41) is 2.29. The maximum absolute atomic E-state index is 11.2. The monoisotopic (exact) mass is 194 g/mol. The maximum Gasteiger partial charge on any atom is 0.180 e. The van der Waals surface area contributed by atoms with Crippen molar-refractivity contribution in [2.45, 2.75) is 19.3 Å². The lowest BCUT2D eigenvalue weighted by Gasteiger charge is -1.93. The predicted molar refractivity (Wildman–Crippen MR) is 53.3 cm³/mol. The lowest BCUT2D eigenvalue weighted by atomic mass is 10.1. The summed E-state index contributed by atoms with van der Waals surface area (Å²) in [7, 11) is 0. The van der Waals surface area contributed by atoms with Crippen molar-refractivity contribution in [1.82, 2.24) is 4.98 Å². The minimum Gasteiger partial charge on any atom is -0.375 e. The number of nitrogens with two attached hydrogens (primary N) is 1. The van der Waals surface area contributed by atoms with E-state index in [1.54, 1.807) is 5.38 Å². The maximum atomic E-state index is 11.2. The van der Waals surface area contributed by atoms with Crippen LogP contribution in [0.1, 0.15) is 18.5 Å². The molecule has 0 spiro atoms. The van der Waals surface area contributed by atoms with Gasteiger partial charge in [-0.25, -0.2) is 4.98 Å². The van der Waals surface area contributed by atoms with Gasteiger partial charge in [0.25, 0.3) is 0 Å². The van der Waals surface area contributed by atoms with E-state index in [4.69, 9.17) is 12.2 Å². The fourth-order valence-electron chi connectivity index (χ4n) is 0.906. The number of ketones is 1. The highest BCUT2D eigenvalue weighted by Gasteiger charge is 2.05. The summed E-state index contributed by atoms with van der Waals surface area (Å²) in [4.78, 5) is 15.2. The van der Waals surface area contributed by atoms with E-state index < -0.39 is 0 Å². The van der Waals surface area contributed by atoms with Gasteiger partial charge in [0, 0.05) is 24.6 Å². The third-order valence-corrected chi connectivity index (χ3v) is 2.22. The van der Waals surface area contributed by atoms with Crippen molar-refractivity contribution in [3.8, 4) is 12.3 Å². The first-order valence-electron chi connectivity index (χ1n) is 3.87. The Morgan fingerprint density at radius 3 is 3.08 bits per heavy atom. The molecule has 2 N–H and O–H groups in total. The first-order valence-corrected chi connectivity index (χ1v) is 4.75. The number of aromatic nitrogens is 1. The van der Waals surface area contributed by atoms with E-state index >= 15 is 0 Å². The lowest BCUT2D eigenvalue weighted by molar-refractivity contribution is -0.118. The second-order valence-electron chi connectivity index (χ2n) is 2.60. The number of carbonyl (C=O) groups excluding carboxylic acids is 1. The van der Waals surface area contributed by atoms with E-state index in [1.807, 2.05) is 0 Å². The van der Waals surface area contributed by atoms with Crippen molar-refractivity contribution in [3.63, 3.8) is 0 Å². The van der Waals surface area contributed by atoms with E-state index in [0.29, 0.717) is 24.4 Å². The Kier molecular flexibility index (Phi) is 3.47. The van der Waals surface area contributed by atoms with Crippen molar-refractivity contribution in [2.24, 2.45) is 0 Å². The smallest absolute Gasteiger partial charge is 0.180 e. The average Bonchev–Trinajstić information content (AvgIpc) is 2.48. The Morgan fingerprint density at radius 1 is 1.77 bits per heavy atom. The minimum atomic E-state index is 0.114. The van der Waals surface area contributed by atoms with Gasteiger partial charge in [0.2, 0.25) is 0 Å². The average molecular weight is 194 g/mol. The van der Waals surface area contributed by atoms with Gasteiger partial charge in [-0.15, -0.1) is 23.7 Å². The third-order valence-electron chi connectivity index (χ3n) is 1.50. The van der Waals surface area contributed by atoms with Gasteiger partial charge >= 0.3 is 0 Å². The summed E-state index contributed by atoms with van der Waals surface area (Å²) in [6.07, 6.45) is 6.30. The van der Waals surface area contributed by atoms with Crippen molar-refractivity contribution in [3.05, 3.63) is 11.1 Å². The van der Waals surface area contributed by atoms with Gasteiger partial charge in [-0.05, 0) is 0 Å². The van der Waals surface area contributed by atoms with Crippen LogP contribution in [0.3, 0.4) is 0 Å². The molecule has 0 bridgehead atoms. The van der Waals surface area contributed by atoms with E-state index in [0.717, 1.165) is 5.69 Å². The summed E-state index contributed by atoms with van der Waals surface area (Å²) in [6, 6.07) is 0. The molecule has 0 aliphatic heterocycles. The molecule has 13 heavy (non-hydrogen) atoms. The highest BCUT2D eigenvalue weighted by Crippen LogP contribution is 2.12. The molecular formula is C9H10N2OS. The molecule has 3 nitrogen and oxygen atoms in total. The second kappa shape index (κ2) is 4.63. The van der Waals surface area contributed by atoms with Crippen LogP contribution in [0.2, 0.25) is 0 Å². The van der Waals surface area contributed by atoms with Crippen LogP contribution in [0.15, 0.2) is 5.38 Å². The zero-order valence-electron chi connectivity index (χ0n) is 7.12. The first kappa shape index (κ1) is 9.75. The summed E-state index contributed by atoms with van der Waals surface area (Å²) in [6.45, 7) is 0. The van der Waals surface area contributed by atoms with Gasteiger partial charge in [-0.1, -0.05) is 0 Å². The zero-order chi connectivity index (χ0) is 9.68. The molecule has 0 radical (unpaired) electrons. The van der Waals surface area contributed by atoms with Gasteiger partial charge in [-0.3, -0.25) is 4.79 Å². The standard InChI is InChI=1S/C9H10N2OS/c1-2-3-4-8(12)5-7-6-13-9(10)11-7/h1,6H,3-5H2,(H2,10,11). The lowest BCUT2D eigenvalue weighted by Crippen LogP contribution is -2.02. The van der Waals surface area contributed by atoms with Crippen molar-refractivity contribution >= 4 is 22.3 Å². The van der Waals surface area contributed by atoms with Crippen LogP contribution >= 0.6 is 11.3 Å². The number of rotatable bonds is 4. The van der Waals surface area contributed by atoms with Gasteiger partial charge in [0.1, 0.15) is 5.78 Å². The summed E-state index contributed by atoms with van der Waals surface area (Å²) in [5.41, 5.74) is 6.16. The van der Waals surface area contributed by atoms with E-state index in [1.165, 1.54) is 11.3 Å². The Balaban J connectivity index is 2.41. The topological polar surface area (TPSA) is 56.0 Å². The van der Waals surface area contributed by atoms with E-state index in [-0.39, 0.29) is 5.78 Å². The van der Waals surface area contributed by atoms with Crippen LogP contribution in [0.5, 0.6) is 0 Å². The normalized spacial score (nSPS) is 9.46. The van der Waals surface area contributed by atoms with Crippen LogP contribution in [-0.2, 0) is 11.2 Å². The van der Waals surface area contributed by atoms with E-state index in [9.17, 15) is 4.79 Å². The number of hydrogen-bond acceptors (Lipinski definition) is 4. The van der Waals surface area contributed by atoms with Gasteiger partial charge in [0.15, 0.2) is 5.13 Å². The first-order chi connectivity index (χ1) is 6.22. The molecule has 0 fully saturated rings. The summed E-state index contributed by atoms with van der Waals surface area (Å²) < 4.78 is 0. The second-order valence-corrected chi connectivity index (χ2v) is 3.49. The van der Waals surface area contributed by atoms with Crippen LogP contribution < -0.4 is 5.73 Å². The van der Waals surface area contributed by atoms with Crippen molar-refractivity contribution < 1.29 is 4.79 Å². The van der Waals surface area contributed by atoms with E-state index in [2.05, 4.69) is 10.9 Å².